The van der Waals surface area contributed by atoms with E-state index in [9.17, 15) is 18.0 Å². The number of benzene rings is 2. The number of halogens is 3. The fourth-order valence-electron chi connectivity index (χ4n) is 4.20. The number of fused-ring (bicyclic) bond motifs is 2. The molecule has 2 aromatic heterocycles. The number of aryl methyl sites for hydroxylation is 1. The zero-order valence-corrected chi connectivity index (χ0v) is 19.8. The van der Waals surface area contributed by atoms with Crippen LogP contribution in [0.25, 0.3) is 16.6 Å². The van der Waals surface area contributed by atoms with Crippen molar-refractivity contribution in [1.82, 2.24) is 24.9 Å². The fourth-order valence-corrected chi connectivity index (χ4v) is 4.20. The Labute approximate surface area is 201 Å². The monoisotopic (exact) mass is 483 g/mol. The summed E-state index contributed by atoms with van der Waals surface area (Å²) in [5.41, 5.74) is 2.94. The molecule has 4 aromatic rings. The molecule has 9 heteroatoms. The van der Waals surface area contributed by atoms with Gasteiger partial charge in [-0.1, -0.05) is 30.3 Å². The van der Waals surface area contributed by atoms with Crippen molar-refractivity contribution in [3.8, 4) is 5.69 Å². The molecule has 2 heterocycles. The average Bonchev–Trinajstić information content (AvgIpc) is 3.48. The van der Waals surface area contributed by atoms with Crippen LogP contribution in [0, 0.1) is 0 Å². The number of para-hydroxylation sites is 1. The molecule has 0 spiro atoms. The topological polar surface area (TPSA) is 66.8 Å². The van der Waals surface area contributed by atoms with E-state index < -0.39 is 11.9 Å². The Bertz CT molecular complexity index is 1260. The molecule has 0 atom stereocenters. The molecule has 0 unspecified atom stereocenters. The van der Waals surface area contributed by atoms with Gasteiger partial charge in [-0.25, -0.2) is 4.68 Å². The second-order valence-corrected chi connectivity index (χ2v) is 8.80. The van der Waals surface area contributed by atoms with Crippen LogP contribution in [0.3, 0.4) is 0 Å². The Morgan fingerprint density at radius 2 is 1.77 bits per heavy atom. The molecule has 184 valence electrons. The highest BCUT2D eigenvalue weighted by molar-refractivity contribution is 5.77. The molecule has 6 nitrogen and oxygen atoms in total. The zero-order chi connectivity index (χ0) is 25.0. The van der Waals surface area contributed by atoms with Crippen molar-refractivity contribution in [2.75, 3.05) is 14.1 Å². The highest BCUT2D eigenvalue weighted by atomic mass is 19.4. The predicted molar refractivity (Wildman–Crippen MR) is 128 cm³/mol. The first-order valence-electron chi connectivity index (χ1n) is 11.6. The number of aromatic nitrogens is 4. The fraction of sp³-hybridized carbons (Fsp3) is 0.346. The van der Waals surface area contributed by atoms with Crippen molar-refractivity contribution in [2.45, 2.75) is 44.7 Å². The number of hydrogen-bond donors (Lipinski definition) is 1. The molecule has 0 radical (unpaired) electrons. The van der Waals surface area contributed by atoms with Gasteiger partial charge in [0.2, 0.25) is 5.91 Å². The first-order valence-corrected chi connectivity index (χ1v) is 11.6. The minimum absolute atomic E-state index is 0.0463. The van der Waals surface area contributed by atoms with E-state index in [0.717, 1.165) is 29.3 Å². The van der Waals surface area contributed by atoms with Gasteiger partial charge >= 0.3 is 6.18 Å². The molecule has 1 amide bonds. The number of aromatic amines is 1. The third kappa shape index (κ3) is 5.72. The predicted octanol–water partition coefficient (Wildman–Crippen LogP) is 5.35. The summed E-state index contributed by atoms with van der Waals surface area (Å²) in [5.74, 6) is 0.0463. The maximum atomic E-state index is 13.3. The maximum Gasteiger partial charge on any atom is 0.435 e. The summed E-state index contributed by atoms with van der Waals surface area (Å²) in [5, 5.41) is 11.8. The molecule has 0 saturated heterocycles. The van der Waals surface area contributed by atoms with Crippen molar-refractivity contribution in [2.24, 2.45) is 0 Å². The lowest BCUT2D eigenvalue weighted by atomic mass is 9.95. The van der Waals surface area contributed by atoms with Crippen LogP contribution in [0.4, 0.5) is 13.2 Å². The van der Waals surface area contributed by atoms with Crippen LogP contribution < -0.4 is 0 Å². The van der Waals surface area contributed by atoms with Crippen LogP contribution >= 0.6 is 0 Å². The first kappa shape index (κ1) is 24.5. The number of amides is 1. The minimum Gasteiger partial charge on any atom is -0.349 e. The van der Waals surface area contributed by atoms with Crippen LogP contribution in [-0.2, 0) is 30.2 Å². The van der Waals surface area contributed by atoms with Gasteiger partial charge in [-0.2, -0.15) is 23.4 Å². The van der Waals surface area contributed by atoms with Crippen molar-refractivity contribution in [1.29, 1.82) is 0 Å². The van der Waals surface area contributed by atoms with E-state index >= 15 is 0 Å². The Hall–Kier alpha value is -3.62. The van der Waals surface area contributed by atoms with Crippen molar-refractivity contribution in [3.63, 3.8) is 0 Å². The number of rotatable bonds is 4. The quantitative estimate of drug-likeness (QED) is 0.425. The molecular weight excluding hydrogens is 455 g/mol. The molecule has 0 aliphatic heterocycles. The number of nitrogens with zero attached hydrogens (tertiary/aromatic N) is 4. The highest BCUT2D eigenvalue weighted by Crippen LogP contribution is 2.36. The van der Waals surface area contributed by atoms with Gasteiger partial charge in [0.1, 0.15) is 0 Å². The number of carbonyl (C=O) groups is 1. The van der Waals surface area contributed by atoms with Crippen LogP contribution in [0.15, 0.2) is 54.7 Å². The first-order chi connectivity index (χ1) is 16.7. The Kier molecular flexibility index (Phi) is 7.23. The van der Waals surface area contributed by atoms with Gasteiger partial charge in [0.05, 0.1) is 17.4 Å². The van der Waals surface area contributed by atoms with Crippen LogP contribution in [-0.4, -0.2) is 44.9 Å². The Morgan fingerprint density at radius 3 is 2.46 bits per heavy atom. The third-order valence-electron chi connectivity index (χ3n) is 6.11. The van der Waals surface area contributed by atoms with Crippen molar-refractivity contribution in [3.05, 3.63) is 77.2 Å². The second-order valence-electron chi connectivity index (χ2n) is 8.80. The van der Waals surface area contributed by atoms with Crippen LogP contribution in [0.1, 0.15) is 41.8 Å². The molecule has 1 aliphatic rings. The molecule has 5 rings (SSSR count). The van der Waals surface area contributed by atoms with Gasteiger partial charge in [0.25, 0.3) is 0 Å². The van der Waals surface area contributed by atoms with E-state index in [-0.39, 0.29) is 5.91 Å². The molecule has 2 aromatic carbocycles. The highest BCUT2D eigenvalue weighted by Gasteiger charge is 2.39. The standard InChI is InChI=1S/C19H22F3N3O.C7H6N2/c1-24(2)17(26)12-9-13-7-10-14(11-8-13)25-16-6-4-3-5-15(16)18(23-25)19(20,21)22;1-2-4-7-6(3-1)5-8-9-7/h7-8,10-11H,3-6,9,12H2,1-2H3;1-5H,(H,8,9). The smallest absolute Gasteiger partial charge is 0.349 e. The van der Waals surface area contributed by atoms with Crippen molar-refractivity contribution < 1.29 is 18.0 Å². The molecule has 1 N–H and O–H groups in total. The largest absolute Gasteiger partial charge is 0.435 e. The number of nitrogens with one attached hydrogen (secondary N) is 1. The van der Waals surface area contributed by atoms with Gasteiger partial charge in [0, 0.05) is 37.2 Å². The van der Waals surface area contributed by atoms with Gasteiger partial charge in [0.15, 0.2) is 5.69 Å². The van der Waals surface area contributed by atoms with E-state index in [1.165, 1.54) is 4.68 Å². The molecule has 0 bridgehead atoms. The molecule has 35 heavy (non-hydrogen) atoms. The molecule has 0 fully saturated rings. The van der Waals surface area contributed by atoms with E-state index in [0.29, 0.717) is 42.6 Å². The Morgan fingerprint density at radius 1 is 1.06 bits per heavy atom. The van der Waals surface area contributed by atoms with Gasteiger partial charge in [-0.15, -0.1) is 0 Å². The van der Waals surface area contributed by atoms with E-state index in [1.807, 2.05) is 42.6 Å². The van der Waals surface area contributed by atoms with Gasteiger partial charge in [-0.3, -0.25) is 9.89 Å². The van der Waals surface area contributed by atoms with Crippen molar-refractivity contribution >= 4 is 16.8 Å². The molecular formula is C26H28F3N5O. The molecule has 0 saturated carbocycles. The summed E-state index contributed by atoms with van der Waals surface area (Å²) in [6, 6.07) is 15.3. The Balaban J connectivity index is 0.000000266. The molecule has 1 aliphatic carbocycles. The van der Waals surface area contributed by atoms with Crippen LogP contribution in [0.5, 0.6) is 0 Å². The summed E-state index contributed by atoms with van der Waals surface area (Å²) >= 11 is 0. The minimum atomic E-state index is -4.43. The zero-order valence-electron chi connectivity index (χ0n) is 19.8. The number of alkyl halides is 3. The van der Waals surface area contributed by atoms with E-state index in [1.54, 1.807) is 31.1 Å². The lowest BCUT2D eigenvalue weighted by Gasteiger charge is -2.15. The summed E-state index contributed by atoms with van der Waals surface area (Å²) in [6.07, 6.45) is 1.06. The average molecular weight is 484 g/mol. The van der Waals surface area contributed by atoms with E-state index in [4.69, 9.17) is 0 Å². The van der Waals surface area contributed by atoms with Crippen LogP contribution in [0.2, 0.25) is 0 Å². The SMILES string of the molecule is CN(C)C(=O)CCc1ccc(-n2nc(C(F)(F)F)c3c2CCCC3)cc1.c1ccc2[nH]ncc2c1. The normalized spacial score (nSPS) is 13.2. The number of H-pyrrole nitrogens is 1. The lowest BCUT2D eigenvalue weighted by molar-refractivity contribution is -0.142. The maximum absolute atomic E-state index is 13.3. The number of hydrogen-bond acceptors (Lipinski definition) is 3. The number of carbonyl (C=O) groups excluding carboxylic acids is 1. The summed E-state index contributed by atoms with van der Waals surface area (Å²) in [6.45, 7) is 0. The van der Waals surface area contributed by atoms with Gasteiger partial charge < -0.3 is 4.90 Å². The van der Waals surface area contributed by atoms with E-state index in [2.05, 4.69) is 15.3 Å². The van der Waals surface area contributed by atoms with Gasteiger partial charge in [-0.05, 0) is 55.9 Å². The summed E-state index contributed by atoms with van der Waals surface area (Å²) < 4.78 is 41.3. The second kappa shape index (κ2) is 10.3. The summed E-state index contributed by atoms with van der Waals surface area (Å²) in [7, 11) is 3.43. The lowest BCUT2D eigenvalue weighted by Crippen LogP contribution is -2.21. The summed E-state index contributed by atoms with van der Waals surface area (Å²) in [4.78, 5) is 13.2. The third-order valence-corrected chi connectivity index (χ3v) is 6.11.